The van der Waals surface area contributed by atoms with Crippen LogP contribution in [0, 0.1) is 17.2 Å². The summed E-state index contributed by atoms with van der Waals surface area (Å²) in [7, 11) is 0. The van der Waals surface area contributed by atoms with Crippen LogP contribution in [-0.4, -0.2) is 24.9 Å². The summed E-state index contributed by atoms with van der Waals surface area (Å²) in [5.74, 6) is 0.315. The number of carbonyl (C=O) groups excluding carboxylic acids is 1. The number of alkyl halides is 3. The second-order valence-corrected chi connectivity index (χ2v) is 5.45. The number of nitrogens with one attached hydrogen (secondary N) is 2. The Kier molecular flexibility index (Phi) is 4.98. The van der Waals surface area contributed by atoms with Crippen LogP contribution < -0.4 is 15.4 Å². The van der Waals surface area contributed by atoms with Gasteiger partial charge < -0.3 is 15.4 Å². The summed E-state index contributed by atoms with van der Waals surface area (Å²) in [6, 6.07) is 5.27. The van der Waals surface area contributed by atoms with Gasteiger partial charge in [-0.25, -0.2) is 4.79 Å². The second-order valence-electron chi connectivity index (χ2n) is 5.45. The lowest BCUT2D eigenvalue weighted by atomic mass is 10.2. The molecule has 1 saturated carbocycles. The number of nitrogens with zero attached hydrogens (tertiary/aromatic N) is 1. The van der Waals surface area contributed by atoms with E-state index in [9.17, 15) is 18.0 Å². The fraction of sp³-hybridized carbons (Fsp3) is 0.467. The molecular formula is C15H16F3N3O2. The topological polar surface area (TPSA) is 74.2 Å². The van der Waals surface area contributed by atoms with E-state index in [4.69, 9.17) is 5.26 Å². The number of hydrogen-bond donors (Lipinski definition) is 2. The van der Waals surface area contributed by atoms with Gasteiger partial charge in [0.2, 0.25) is 0 Å². The number of ether oxygens (including phenoxy) is 1. The Labute approximate surface area is 131 Å². The van der Waals surface area contributed by atoms with Gasteiger partial charge in [0.1, 0.15) is 11.8 Å². The summed E-state index contributed by atoms with van der Waals surface area (Å²) in [5, 5.41) is 14.3. The van der Waals surface area contributed by atoms with Crippen molar-refractivity contribution in [2.45, 2.75) is 32.0 Å². The molecule has 124 valence electrons. The third-order valence-corrected chi connectivity index (χ3v) is 3.44. The minimum atomic E-state index is -4.48. The summed E-state index contributed by atoms with van der Waals surface area (Å²) in [6.07, 6.45) is -2.31. The highest BCUT2D eigenvalue weighted by atomic mass is 19.4. The van der Waals surface area contributed by atoms with Crippen LogP contribution >= 0.6 is 0 Å². The molecule has 0 spiro atoms. The van der Waals surface area contributed by atoms with Crippen molar-refractivity contribution in [2.75, 3.05) is 11.9 Å². The van der Waals surface area contributed by atoms with E-state index in [1.165, 1.54) is 18.2 Å². The van der Waals surface area contributed by atoms with Gasteiger partial charge in [-0.1, -0.05) is 0 Å². The SMILES string of the molecule is CC(NC(=O)Nc1ccc(OCC(F)(F)F)c(C#N)c1)C1CC1. The van der Waals surface area contributed by atoms with Crippen molar-refractivity contribution in [3.05, 3.63) is 23.8 Å². The number of urea groups is 1. The van der Waals surface area contributed by atoms with E-state index in [1.54, 1.807) is 6.07 Å². The van der Waals surface area contributed by atoms with Crippen LogP contribution in [0.15, 0.2) is 18.2 Å². The minimum absolute atomic E-state index is 0.0554. The number of halogens is 3. The van der Waals surface area contributed by atoms with E-state index in [-0.39, 0.29) is 17.4 Å². The van der Waals surface area contributed by atoms with Crippen molar-refractivity contribution in [3.8, 4) is 11.8 Å². The number of rotatable bonds is 5. The third kappa shape index (κ3) is 5.36. The molecule has 1 aliphatic rings. The van der Waals surface area contributed by atoms with E-state index in [2.05, 4.69) is 15.4 Å². The van der Waals surface area contributed by atoms with E-state index >= 15 is 0 Å². The summed E-state index contributed by atoms with van der Waals surface area (Å²) >= 11 is 0. The lowest BCUT2D eigenvalue weighted by molar-refractivity contribution is -0.153. The van der Waals surface area contributed by atoms with Gasteiger partial charge >= 0.3 is 12.2 Å². The maximum atomic E-state index is 12.1. The summed E-state index contributed by atoms with van der Waals surface area (Å²) in [5.41, 5.74) is 0.226. The first-order valence-electron chi connectivity index (χ1n) is 7.09. The van der Waals surface area contributed by atoms with Crippen molar-refractivity contribution >= 4 is 11.7 Å². The molecule has 1 aliphatic carbocycles. The molecule has 1 aromatic rings. The molecule has 5 nitrogen and oxygen atoms in total. The Hall–Kier alpha value is -2.43. The highest BCUT2D eigenvalue weighted by molar-refractivity contribution is 5.89. The molecule has 0 aromatic heterocycles. The lowest BCUT2D eigenvalue weighted by Gasteiger charge is -2.15. The summed E-state index contributed by atoms with van der Waals surface area (Å²) in [6.45, 7) is 0.430. The largest absolute Gasteiger partial charge is 0.483 e. The minimum Gasteiger partial charge on any atom is -0.483 e. The number of anilines is 1. The average molecular weight is 327 g/mol. The highest BCUT2D eigenvalue weighted by Gasteiger charge is 2.29. The average Bonchev–Trinajstić information content (AvgIpc) is 3.29. The zero-order chi connectivity index (χ0) is 17.0. The molecule has 1 fully saturated rings. The summed E-state index contributed by atoms with van der Waals surface area (Å²) in [4.78, 5) is 11.8. The van der Waals surface area contributed by atoms with Gasteiger partial charge in [0, 0.05) is 11.7 Å². The molecule has 1 aromatic carbocycles. The monoisotopic (exact) mass is 327 g/mol. The van der Waals surface area contributed by atoms with Crippen LogP contribution in [0.25, 0.3) is 0 Å². The molecule has 1 atom stereocenters. The van der Waals surface area contributed by atoms with E-state index in [1.807, 2.05) is 6.92 Å². The molecule has 0 heterocycles. The number of nitriles is 1. The van der Waals surface area contributed by atoms with Gasteiger partial charge in [0.25, 0.3) is 0 Å². The predicted molar refractivity (Wildman–Crippen MR) is 77.0 cm³/mol. The van der Waals surface area contributed by atoms with Gasteiger partial charge in [-0.05, 0) is 43.9 Å². The van der Waals surface area contributed by atoms with Crippen LogP contribution in [0.1, 0.15) is 25.3 Å². The maximum absolute atomic E-state index is 12.1. The Bertz CT molecular complexity index is 621. The fourth-order valence-corrected chi connectivity index (χ4v) is 2.07. The van der Waals surface area contributed by atoms with Crippen LogP contribution in [0.4, 0.5) is 23.7 Å². The van der Waals surface area contributed by atoms with Crippen LogP contribution in [0.3, 0.4) is 0 Å². The van der Waals surface area contributed by atoms with Crippen molar-refractivity contribution in [1.82, 2.24) is 5.32 Å². The van der Waals surface area contributed by atoms with Crippen molar-refractivity contribution in [2.24, 2.45) is 5.92 Å². The molecule has 0 saturated heterocycles. The van der Waals surface area contributed by atoms with E-state index in [0.717, 1.165) is 12.8 Å². The van der Waals surface area contributed by atoms with Crippen molar-refractivity contribution < 1.29 is 22.7 Å². The maximum Gasteiger partial charge on any atom is 0.422 e. The molecule has 2 amide bonds. The molecule has 2 rings (SSSR count). The van der Waals surface area contributed by atoms with Gasteiger partial charge in [-0.3, -0.25) is 0 Å². The standard InChI is InChI=1S/C15H16F3N3O2/c1-9(10-2-3-10)20-14(22)21-12-4-5-13(11(6-12)7-19)23-8-15(16,17)18/h4-6,9-10H,2-3,8H2,1H3,(H2,20,21,22). The first-order chi connectivity index (χ1) is 10.8. The van der Waals surface area contributed by atoms with Crippen molar-refractivity contribution in [3.63, 3.8) is 0 Å². The molecule has 23 heavy (non-hydrogen) atoms. The number of hydrogen-bond acceptors (Lipinski definition) is 3. The molecule has 8 heteroatoms. The van der Waals surface area contributed by atoms with Crippen LogP contribution in [-0.2, 0) is 0 Å². The fourth-order valence-electron chi connectivity index (χ4n) is 2.07. The second kappa shape index (κ2) is 6.77. The molecule has 0 aliphatic heterocycles. The predicted octanol–water partition coefficient (Wildman–Crippen LogP) is 3.42. The first kappa shape index (κ1) is 16.9. The van der Waals surface area contributed by atoms with Gasteiger partial charge in [-0.15, -0.1) is 0 Å². The van der Waals surface area contributed by atoms with E-state index in [0.29, 0.717) is 11.6 Å². The normalized spacial score (nSPS) is 15.4. The van der Waals surface area contributed by atoms with Gasteiger partial charge in [0.05, 0.1) is 5.56 Å². The van der Waals surface area contributed by atoms with Crippen molar-refractivity contribution in [1.29, 1.82) is 5.26 Å². The number of carbonyl (C=O) groups is 1. The lowest BCUT2D eigenvalue weighted by Crippen LogP contribution is -2.37. The summed E-state index contributed by atoms with van der Waals surface area (Å²) < 4.78 is 41.0. The molecule has 0 radical (unpaired) electrons. The molecule has 2 N–H and O–H groups in total. The number of amides is 2. The highest BCUT2D eigenvalue weighted by Crippen LogP contribution is 2.32. The zero-order valence-electron chi connectivity index (χ0n) is 12.4. The molecule has 0 bridgehead atoms. The Morgan fingerprint density at radius 2 is 2.17 bits per heavy atom. The first-order valence-corrected chi connectivity index (χ1v) is 7.09. The Morgan fingerprint density at radius 3 is 2.74 bits per heavy atom. The van der Waals surface area contributed by atoms with Crippen LogP contribution in [0.5, 0.6) is 5.75 Å². The third-order valence-electron chi connectivity index (χ3n) is 3.44. The number of benzene rings is 1. The Morgan fingerprint density at radius 1 is 1.48 bits per heavy atom. The van der Waals surface area contributed by atoms with Crippen LogP contribution in [0.2, 0.25) is 0 Å². The smallest absolute Gasteiger partial charge is 0.422 e. The van der Waals surface area contributed by atoms with Gasteiger partial charge in [0.15, 0.2) is 6.61 Å². The quantitative estimate of drug-likeness (QED) is 0.870. The molecular weight excluding hydrogens is 311 g/mol. The molecule has 1 unspecified atom stereocenters. The van der Waals surface area contributed by atoms with Gasteiger partial charge in [-0.2, -0.15) is 18.4 Å². The Balaban J connectivity index is 1.97. The van der Waals surface area contributed by atoms with E-state index < -0.39 is 18.8 Å². The zero-order valence-corrected chi connectivity index (χ0v) is 12.4.